The number of piperidine rings is 1. The molecule has 3 nitrogen and oxygen atoms in total. The maximum Gasteiger partial charge on any atom is 0.119 e. The second-order valence-electron chi connectivity index (χ2n) is 5.21. The molecule has 106 valence electrons. The molecule has 1 heterocycles. The highest BCUT2D eigenvalue weighted by atomic mass is 16.5. The summed E-state index contributed by atoms with van der Waals surface area (Å²) in [7, 11) is 0. The minimum Gasteiger partial charge on any atom is -0.494 e. The third-order valence-corrected chi connectivity index (χ3v) is 3.74. The van der Waals surface area contributed by atoms with Gasteiger partial charge in [-0.1, -0.05) is 18.6 Å². The fourth-order valence-corrected chi connectivity index (χ4v) is 2.61. The Morgan fingerprint density at radius 1 is 1.16 bits per heavy atom. The Kier molecular flexibility index (Phi) is 5.67. The third-order valence-electron chi connectivity index (χ3n) is 3.74. The van der Waals surface area contributed by atoms with E-state index in [0.29, 0.717) is 6.61 Å². The molecule has 0 saturated carbocycles. The standard InChI is InChI=1S/C16H25NO2/c1-2-19-15-8-6-14(7-9-15)16(18)10-13-17-11-4-3-5-12-17/h6-9,16,18H,2-5,10-13H2,1H3/t16-/m1/s1. The topological polar surface area (TPSA) is 32.7 Å². The monoisotopic (exact) mass is 263 g/mol. The number of hydrogen-bond donors (Lipinski definition) is 1. The van der Waals surface area contributed by atoms with Gasteiger partial charge in [-0.15, -0.1) is 0 Å². The summed E-state index contributed by atoms with van der Waals surface area (Å²) in [4.78, 5) is 2.46. The first-order valence-corrected chi connectivity index (χ1v) is 7.43. The van der Waals surface area contributed by atoms with E-state index in [9.17, 15) is 5.11 Å². The van der Waals surface area contributed by atoms with E-state index in [0.717, 1.165) is 24.3 Å². The van der Waals surface area contributed by atoms with E-state index in [2.05, 4.69) is 4.90 Å². The summed E-state index contributed by atoms with van der Waals surface area (Å²) in [6, 6.07) is 7.80. The van der Waals surface area contributed by atoms with Crippen LogP contribution in [0.15, 0.2) is 24.3 Å². The second-order valence-corrected chi connectivity index (χ2v) is 5.21. The fraction of sp³-hybridized carbons (Fsp3) is 0.625. The fourth-order valence-electron chi connectivity index (χ4n) is 2.61. The lowest BCUT2D eigenvalue weighted by molar-refractivity contribution is 0.134. The van der Waals surface area contributed by atoms with Gasteiger partial charge in [-0.2, -0.15) is 0 Å². The van der Waals surface area contributed by atoms with E-state index < -0.39 is 0 Å². The number of ether oxygens (including phenoxy) is 1. The van der Waals surface area contributed by atoms with E-state index in [1.807, 2.05) is 31.2 Å². The summed E-state index contributed by atoms with van der Waals surface area (Å²) in [5.41, 5.74) is 0.987. The first-order valence-electron chi connectivity index (χ1n) is 7.43. The van der Waals surface area contributed by atoms with Crippen LogP contribution in [0.4, 0.5) is 0 Å². The van der Waals surface area contributed by atoms with Crippen LogP contribution in [0, 0.1) is 0 Å². The summed E-state index contributed by atoms with van der Waals surface area (Å²) >= 11 is 0. The Hall–Kier alpha value is -1.06. The molecule has 0 spiro atoms. The molecule has 1 atom stereocenters. The lowest BCUT2D eigenvalue weighted by atomic mass is 10.1. The number of benzene rings is 1. The zero-order chi connectivity index (χ0) is 13.5. The van der Waals surface area contributed by atoms with Crippen molar-refractivity contribution in [2.45, 2.75) is 38.7 Å². The number of aliphatic hydroxyl groups is 1. The van der Waals surface area contributed by atoms with Crippen molar-refractivity contribution >= 4 is 0 Å². The average Bonchev–Trinajstić information content (AvgIpc) is 2.47. The Labute approximate surface area is 116 Å². The number of rotatable bonds is 6. The molecule has 1 aliphatic heterocycles. The van der Waals surface area contributed by atoms with Crippen molar-refractivity contribution in [1.82, 2.24) is 4.90 Å². The van der Waals surface area contributed by atoms with Crippen LogP contribution in [0.2, 0.25) is 0 Å². The van der Waals surface area contributed by atoms with Crippen molar-refractivity contribution in [1.29, 1.82) is 0 Å². The quantitative estimate of drug-likeness (QED) is 0.856. The molecule has 1 N–H and O–H groups in total. The Morgan fingerprint density at radius 3 is 2.47 bits per heavy atom. The molecule has 1 aromatic carbocycles. The normalized spacial score (nSPS) is 18.2. The molecule has 0 radical (unpaired) electrons. The van der Waals surface area contributed by atoms with Crippen LogP contribution in [0.5, 0.6) is 5.75 Å². The molecule has 2 rings (SSSR count). The Balaban J connectivity index is 1.79. The molecule has 0 bridgehead atoms. The van der Waals surface area contributed by atoms with Crippen LogP contribution < -0.4 is 4.74 Å². The number of nitrogens with zero attached hydrogens (tertiary/aromatic N) is 1. The van der Waals surface area contributed by atoms with Gasteiger partial charge >= 0.3 is 0 Å². The molecule has 0 unspecified atom stereocenters. The highest BCUT2D eigenvalue weighted by Crippen LogP contribution is 2.21. The van der Waals surface area contributed by atoms with Gasteiger partial charge in [0.25, 0.3) is 0 Å². The Morgan fingerprint density at radius 2 is 1.84 bits per heavy atom. The van der Waals surface area contributed by atoms with E-state index >= 15 is 0 Å². The van der Waals surface area contributed by atoms with Crippen LogP contribution in [0.1, 0.15) is 44.3 Å². The van der Waals surface area contributed by atoms with E-state index in [1.165, 1.54) is 32.4 Å². The lowest BCUT2D eigenvalue weighted by Gasteiger charge is -2.27. The highest BCUT2D eigenvalue weighted by Gasteiger charge is 2.13. The molecule has 0 amide bonds. The van der Waals surface area contributed by atoms with Crippen LogP contribution in [-0.2, 0) is 0 Å². The van der Waals surface area contributed by atoms with Crippen molar-refractivity contribution in [2.75, 3.05) is 26.2 Å². The number of aliphatic hydroxyl groups excluding tert-OH is 1. The predicted octanol–water partition coefficient (Wildman–Crippen LogP) is 2.99. The summed E-state index contributed by atoms with van der Waals surface area (Å²) in [6.45, 7) is 6.03. The SMILES string of the molecule is CCOc1ccc([C@H](O)CCN2CCCCC2)cc1. The average molecular weight is 263 g/mol. The van der Waals surface area contributed by atoms with Crippen LogP contribution in [0.3, 0.4) is 0 Å². The lowest BCUT2D eigenvalue weighted by Crippen LogP contribution is -2.31. The maximum atomic E-state index is 10.2. The minimum atomic E-state index is -0.363. The first kappa shape index (κ1) is 14.4. The molecule has 19 heavy (non-hydrogen) atoms. The van der Waals surface area contributed by atoms with Crippen molar-refractivity contribution in [3.63, 3.8) is 0 Å². The van der Waals surface area contributed by atoms with Crippen molar-refractivity contribution in [2.24, 2.45) is 0 Å². The predicted molar refractivity (Wildman–Crippen MR) is 77.5 cm³/mol. The highest BCUT2D eigenvalue weighted by molar-refractivity contribution is 5.28. The van der Waals surface area contributed by atoms with E-state index in [-0.39, 0.29) is 6.10 Å². The van der Waals surface area contributed by atoms with Gasteiger partial charge in [-0.3, -0.25) is 0 Å². The van der Waals surface area contributed by atoms with Gasteiger partial charge in [-0.25, -0.2) is 0 Å². The van der Waals surface area contributed by atoms with Crippen LogP contribution in [-0.4, -0.2) is 36.2 Å². The zero-order valence-corrected chi connectivity index (χ0v) is 11.8. The molecule has 1 aromatic rings. The van der Waals surface area contributed by atoms with E-state index in [4.69, 9.17) is 4.74 Å². The number of hydrogen-bond acceptors (Lipinski definition) is 3. The zero-order valence-electron chi connectivity index (χ0n) is 11.8. The van der Waals surface area contributed by atoms with Crippen molar-refractivity contribution in [3.05, 3.63) is 29.8 Å². The smallest absolute Gasteiger partial charge is 0.119 e. The maximum absolute atomic E-state index is 10.2. The molecule has 3 heteroatoms. The summed E-state index contributed by atoms with van der Waals surface area (Å²) in [5.74, 6) is 0.870. The number of likely N-dealkylation sites (tertiary alicyclic amines) is 1. The first-order chi connectivity index (χ1) is 9.29. The minimum absolute atomic E-state index is 0.363. The van der Waals surface area contributed by atoms with Gasteiger partial charge in [0, 0.05) is 6.54 Å². The molecular formula is C16H25NO2. The van der Waals surface area contributed by atoms with Crippen molar-refractivity contribution in [3.8, 4) is 5.75 Å². The van der Waals surface area contributed by atoms with Gasteiger partial charge in [0.1, 0.15) is 5.75 Å². The van der Waals surface area contributed by atoms with Gasteiger partial charge in [-0.05, 0) is 57.0 Å². The molecule has 0 aliphatic carbocycles. The largest absolute Gasteiger partial charge is 0.494 e. The molecular weight excluding hydrogens is 238 g/mol. The third kappa shape index (κ3) is 4.51. The molecule has 1 aliphatic rings. The molecule has 0 aromatic heterocycles. The summed E-state index contributed by atoms with van der Waals surface area (Å²) < 4.78 is 5.41. The second kappa shape index (κ2) is 7.51. The van der Waals surface area contributed by atoms with Gasteiger partial charge in [0.15, 0.2) is 0 Å². The van der Waals surface area contributed by atoms with Crippen LogP contribution in [0.25, 0.3) is 0 Å². The van der Waals surface area contributed by atoms with Crippen molar-refractivity contribution < 1.29 is 9.84 Å². The van der Waals surface area contributed by atoms with E-state index in [1.54, 1.807) is 0 Å². The summed E-state index contributed by atoms with van der Waals surface area (Å²) in [6.07, 6.45) is 4.42. The van der Waals surface area contributed by atoms with Gasteiger partial charge in [0.05, 0.1) is 12.7 Å². The van der Waals surface area contributed by atoms with Gasteiger partial charge in [0.2, 0.25) is 0 Å². The molecule has 1 fully saturated rings. The van der Waals surface area contributed by atoms with Gasteiger partial charge < -0.3 is 14.7 Å². The Bertz CT molecular complexity index is 358. The van der Waals surface area contributed by atoms with Crippen LogP contribution >= 0.6 is 0 Å². The summed E-state index contributed by atoms with van der Waals surface area (Å²) in [5, 5.41) is 10.2. The molecule has 1 saturated heterocycles.